The molecular weight excluding hydrogens is 312 g/mol. The average Bonchev–Trinajstić information content (AvgIpc) is 3.14. The molecule has 0 amide bonds. The number of nitrogens with two attached hydrogens (primary N) is 1. The molecule has 5 heteroatoms. The van der Waals surface area contributed by atoms with E-state index in [4.69, 9.17) is 10.5 Å². The first kappa shape index (κ1) is 17.3. The second-order valence-electron chi connectivity index (χ2n) is 6.41. The Kier molecular flexibility index (Phi) is 5.88. The smallest absolute Gasteiger partial charge is 0.213 e. The molecule has 25 heavy (non-hydrogen) atoms. The Bertz CT molecular complexity index is 706. The van der Waals surface area contributed by atoms with Crippen molar-refractivity contribution in [1.29, 1.82) is 0 Å². The predicted molar refractivity (Wildman–Crippen MR) is 102 cm³/mol. The molecule has 2 aromatic rings. The molecule has 132 valence electrons. The second kappa shape index (κ2) is 8.51. The fourth-order valence-corrected chi connectivity index (χ4v) is 2.98. The van der Waals surface area contributed by atoms with Crippen LogP contribution in [0.15, 0.2) is 47.6 Å². The molecule has 1 aromatic carbocycles. The highest BCUT2D eigenvalue weighted by Crippen LogP contribution is 2.22. The second-order valence-corrected chi connectivity index (χ2v) is 6.41. The van der Waals surface area contributed by atoms with Crippen LogP contribution in [0.1, 0.15) is 43.7 Å². The van der Waals surface area contributed by atoms with Gasteiger partial charge in [-0.05, 0) is 55.4 Å². The molecular formula is C20H26N4O. The van der Waals surface area contributed by atoms with E-state index in [0.717, 1.165) is 30.5 Å². The Hall–Kier alpha value is -2.56. The third-order valence-electron chi connectivity index (χ3n) is 4.43. The van der Waals surface area contributed by atoms with Gasteiger partial charge in [0.15, 0.2) is 5.96 Å². The zero-order valence-electron chi connectivity index (χ0n) is 14.7. The van der Waals surface area contributed by atoms with Crippen molar-refractivity contribution in [2.75, 3.05) is 5.32 Å². The van der Waals surface area contributed by atoms with Gasteiger partial charge in [0.1, 0.15) is 6.10 Å². The number of nitrogens with zero attached hydrogens (tertiary/aromatic N) is 2. The summed E-state index contributed by atoms with van der Waals surface area (Å²) in [7, 11) is 0. The predicted octanol–water partition coefficient (Wildman–Crippen LogP) is 3.89. The van der Waals surface area contributed by atoms with Crippen molar-refractivity contribution in [3.8, 4) is 5.88 Å². The van der Waals surface area contributed by atoms with Crippen LogP contribution in [0.4, 0.5) is 5.69 Å². The summed E-state index contributed by atoms with van der Waals surface area (Å²) in [4.78, 5) is 8.75. The van der Waals surface area contributed by atoms with Crippen molar-refractivity contribution < 1.29 is 4.74 Å². The maximum atomic E-state index is 5.98. The first-order valence-corrected chi connectivity index (χ1v) is 9.00. The van der Waals surface area contributed by atoms with Crippen LogP contribution in [0.25, 0.3) is 0 Å². The van der Waals surface area contributed by atoms with E-state index in [-0.39, 0.29) is 0 Å². The Labute approximate surface area is 149 Å². The van der Waals surface area contributed by atoms with Crippen LogP contribution < -0.4 is 15.8 Å². The number of guanidine groups is 1. The summed E-state index contributed by atoms with van der Waals surface area (Å²) >= 11 is 0. The van der Waals surface area contributed by atoms with Gasteiger partial charge in [-0.1, -0.05) is 25.1 Å². The molecule has 1 heterocycles. The minimum absolute atomic E-state index is 0.329. The lowest BCUT2D eigenvalue weighted by Gasteiger charge is -2.11. The maximum absolute atomic E-state index is 5.98. The molecule has 1 aromatic heterocycles. The summed E-state index contributed by atoms with van der Waals surface area (Å²) in [5.41, 5.74) is 9.20. The summed E-state index contributed by atoms with van der Waals surface area (Å²) in [5.74, 6) is 1.10. The van der Waals surface area contributed by atoms with Crippen LogP contribution in [0, 0.1) is 0 Å². The molecule has 1 saturated carbocycles. The Balaban J connectivity index is 1.53. The standard InChI is InChI=1S/C20H26N4O/c1-2-15-6-5-7-17(12-15)24-20(21)23-14-16-10-11-19(22-13-16)25-18-8-3-4-9-18/h5-7,10-13,18H,2-4,8-9,14H2,1H3,(H3,21,23,24). The number of rotatable bonds is 6. The highest BCUT2D eigenvalue weighted by atomic mass is 16.5. The number of aryl methyl sites for hydroxylation is 1. The zero-order chi connectivity index (χ0) is 17.5. The van der Waals surface area contributed by atoms with E-state index in [0.29, 0.717) is 24.5 Å². The number of pyridine rings is 1. The van der Waals surface area contributed by atoms with Gasteiger partial charge in [0.25, 0.3) is 0 Å². The van der Waals surface area contributed by atoms with Crippen LogP contribution in [0.2, 0.25) is 0 Å². The number of ether oxygens (including phenoxy) is 1. The van der Waals surface area contributed by atoms with E-state index in [1.54, 1.807) is 6.20 Å². The van der Waals surface area contributed by atoms with Gasteiger partial charge in [-0.15, -0.1) is 0 Å². The largest absolute Gasteiger partial charge is 0.474 e. The van der Waals surface area contributed by atoms with Crippen LogP contribution in [-0.4, -0.2) is 17.0 Å². The van der Waals surface area contributed by atoms with Crippen molar-refractivity contribution >= 4 is 11.6 Å². The lowest BCUT2D eigenvalue weighted by atomic mass is 10.1. The molecule has 5 nitrogen and oxygen atoms in total. The number of aliphatic imine (C=N–C) groups is 1. The third-order valence-corrected chi connectivity index (χ3v) is 4.43. The average molecular weight is 338 g/mol. The van der Waals surface area contributed by atoms with Crippen LogP contribution in [0.5, 0.6) is 5.88 Å². The van der Waals surface area contributed by atoms with Gasteiger partial charge >= 0.3 is 0 Å². The number of hydrogen-bond donors (Lipinski definition) is 2. The quantitative estimate of drug-likeness (QED) is 0.619. The molecule has 0 atom stereocenters. The highest BCUT2D eigenvalue weighted by molar-refractivity contribution is 5.92. The number of anilines is 1. The first-order valence-electron chi connectivity index (χ1n) is 9.00. The molecule has 1 aliphatic rings. The lowest BCUT2D eigenvalue weighted by molar-refractivity contribution is 0.201. The number of hydrogen-bond acceptors (Lipinski definition) is 3. The fraction of sp³-hybridized carbons (Fsp3) is 0.400. The van der Waals surface area contributed by atoms with Gasteiger partial charge in [0, 0.05) is 18.0 Å². The molecule has 1 aliphatic carbocycles. The zero-order valence-corrected chi connectivity index (χ0v) is 14.7. The van der Waals surface area contributed by atoms with Crippen molar-refractivity contribution in [2.24, 2.45) is 10.7 Å². The lowest BCUT2D eigenvalue weighted by Crippen LogP contribution is -2.22. The minimum atomic E-state index is 0.329. The van der Waals surface area contributed by atoms with Crippen LogP contribution >= 0.6 is 0 Å². The topological polar surface area (TPSA) is 72.5 Å². The van der Waals surface area contributed by atoms with Gasteiger partial charge in [-0.3, -0.25) is 0 Å². The monoisotopic (exact) mass is 338 g/mol. The van der Waals surface area contributed by atoms with Gasteiger partial charge in [0.2, 0.25) is 5.88 Å². The molecule has 0 unspecified atom stereocenters. The van der Waals surface area contributed by atoms with E-state index < -0.39 is 0 Å². The summed E-state index contributed by atoms with van der Waals surface area (Å²) in [6, 6.07) is 12.1. The number of benzene rings is 1. The Morgan fingerprint density at radius 1 is 1.24 bits per heavy atom. The minimum Gasteiger partial charge on any atom is -0.474 e. The third kappa shape index (κ3) is 5.21. The van der Waals surface area contributed by atoms with E-state index in [1.807, 2.05) is 24.3 Å². The maximum Gasteiger partial charge on any atom is 0.213 e. The summed E-state index contributed by atoms with van der Waals surface area (Å²) < 4.78 is 5.87. The summed E-state index contributed by atoms with van der Waals surface area (Å²) in [5, 5.41) is 3.13. The van der Waals surface area contributed by atoms with Crippen LogP contribution in [0.3, 0.4) is 0 Å². The van der Waals surface area contributed by atoms with Crippen LogP contribution in [-0.2, 0) is 13.0 Å². The van der Waals surface area contributed by atoms with E-state index in [1.165, 1.54) is 18.4 Å². The summed E-state index contributed by atoms with van der Waals surface area (Å²) in [6.45, 7) is 2.62. The molecule has 0 saturated heterocycles. The number of aromatic nitrogens is 1. The van der Waals surface area contributed by atoms with E-state index in [2.05, 4.69) is 34.3 Å². The molecule has 3 rings (SSSR count). The van der Waals surface area contributed by atoms with Gasteiger partial charge < -0.3 is 15.8 Å². The van der Waals surface area contributed by atoms with Gasteiger partial charge in [-0.25, -0.2) is 9.98 Å². The molecule has 1 fully saturated rings. The van der Waals surface area contributed by atoms with E-state index >= 15 is 0 Å². The first-order chi connectivity index (χ1) is 12.2. The molecule has 0 spiro atoms. The number of nitrogens with one attached hydrogen (secondary N) is 1. The van der Waals surface area contributed by atoms with Crippen molar-refractivity contribution in [3.05, 3.63) is 53.7 Å². The van der Waals surface area contributed by atoms with Crippen molar-refractivity contribution in [3.63, 3.8) is 0 Å². The highest BCUT2D eigenvalue weighted by Gasteiger charge is 2.16. The molecule has 3 N–H and O–H groups in total. The SMILES string of the molecule is CCc1cccc(NC(N)=NCc2ccc(OC3CCCC3)nc2)c1. The van der Waals surface area contributed by atoms with Crippen molar-refractivity contribution in [2.45, 2.75) is 51.7 Å². The summed E-state index contributed by atoms with van der Waals surface area (Å²) in [6.07, 6.45) is 7.90. The fourth-order valence-electron chi connectivity index (χ4n) is 2.98. The molecule has 0 radical (unpaired) electrons. The van der Waals surface area contributed by atoms with Crippen molar-refractivity contribution in [1.82, 2.24) is 4.98 Å². The van der Waals surface area contributed by atoms with Gasteiger partial charge in [0.05, 0.1) is 6.54 Å². The molecule has 0 aliphatic heterocycles. The Morgan fingerprint density at radius 3 is 2.80 bits per heavy atom. The molecule has 0 bridgehead atoms. The Morgan fingerprint density at radius 2 is 2.08 bits per heavy atom. The van der Waals surface area contributed by atoms with Gasteiger partial charge in [-0.2, -0.15) is 0 Å². The normalized spacial score (nSPS) is 15.3. The van der Waals surface area contributed by atoms with E-state index in [9.17, 15) is 0 Å².